The van der Waals surface area contributed by atoms with E-state index in [1.165, 1.54) is 20.3 Å². The van der Waals surface area contributed by atoms with Gasteiger partial charge in [0.2, 0.25) is 15.9 Å². The third kappa shape index (κ3) is 7.54. The first-order chi connectivity index (χ1) is 18.5. The molecule has 0 radical (unpaired) electrons. The number of benzene rings is 2. The summed E-state index contributed by atoms with van der Waals surface area (Å²) in [6.45, 7) is 3.44. The summed E-state index contributed by atoms with van der Waals surface area (Å²) in [5.41, 5.74) is 0.265. The Morgan fingerprint density at radius 3 is 2.36 bits per heavy atom. The quantitative estimate of drug-likeness (QED) is 0.454. The lowest BCUT2D eigenvalue weighted by Crippen LogP contribution is -2.52. The molecule has 1 heterocycles. The van der Waals surface area contributed by atoms with Crippen LogP contribution in [0.5, 0.6) is 11.5 Å². The SMILES string of the molecule is COc1ccc(C(=O)NC(CC(C)C)C(=O)N[C@H]2CCCN(S(=O)(=O)c3ccc(F)cc3)CC2=O)cc1OC. The van der Waals surface area contributed by atoms with Gasteiger partial charge in [0.15, 0.2) is 17.3 Å². The Balaban J connectivity index is 1.71. The van der Waals surface area contributed by atoms with Crippen molar-refractivity contribution >= 4 is 27.6 Å². The predicted octanol–water partition coefficient (Wildman–Crippen LogP) is 2.53. The largest absolute Gasteiger partial charge is 0.493 e. The number of methoxy groups -OCH3 is 2. The number of nitrogens with zero attached hydrogens (tertiary/aromatic N) is 1. The van der Waals surface area contributed by atoms with Crippen LogP contribution in [0.4, 0.5) is 4.39 Å². The first kappa shape index (κ1) is 30.0. The molecule has 39 heavy (non-hydrogen) atoms. The van der Waals surface area contributed by atoms with Gasteiger partial charge in [0.1, 0.15) is 11.9 Å². The molecule has 10 nitrogen and oxygen atoms in total. The summed E-state index contributed by atoms with van der Waals surface area (Å²) in [5.74, 6) is -1.22. The average molecular weight is 564 g/mol. The Bertz CT molecular complexity index is 1300. The standard InChI is InChI=1S/C27H34FN3O7S/c1-17(2)14-22(30-26(33)18-7-12-24(37-3)25(15-18)38-4)27(34)29-21-6-5-13-31(16-23(21)32)39(35,36)20-10-8-19(28)9-11-20/h7-12,15,17,21-22H,5-6,13-14,16H2,1-4H3,(H,29,34)(H,30,33)/t21-,22?/m0/s1. The Hall–Kier alpha value is -3.51. The molecule has 2 N–H and O–H groups in total. The number of ether oxygens (including phenoxy) is 2. The number of amides is 2. The summed E-state index contributed by atoms with van der Waals surface area (Å²) in [6, 6.07) is 7.17. The molecule has 0 aromatic heterocycles. The molecule has 1 aliphatic rings. The highest BCUT2D eigenvalue weighted by atomic mass is 32.2. The van der Waals surface area contributed by atoms with Crippen LogP contribution in [0.3, 0.4) is 0 Å². The molecule has 212 valence electrons. The van der Waals surface area contributed by atoms with E-state index in [1.54, 1.807) is 12.1 Å². The minimum absolute atomic E-state index is 0.0487. The monoisotopic (exact) mass is 563 g/mol. The first-order valence-corrected chi connectivity index (χ1v) is 14.0. The van der Waals surface area contributed by atoms with Crippen molar-refractivity contribution in [2.75, 3.05) is 27.3 Å². The van der Waals surface area contributed by atoms with Crippen molar-refractivity contribution in [3.05, 3.63) is 53.8 Å². The molecule has 1 aliphatic heterocycles. The minimum Gasteiger partial charge on any atom is -0.493 e. The fraction of sp³-hybridized carbons (Fsp3) is 0.444. The van der Waals surface area contributed by atoms with Gasteiger partial charge in [-0.15, -0.1) is 0 Å². The maximum Gasteiger partial charge on any atom is 0.252 e. The molecule has 3 rings (SSSR count). The van der Waals surface area contributed by atoms with Gasteiger partial charge < -0.3 is 20.1 Å². The molecule has 1 saturated heterocycles. The van der Waals surface area contributed by atoms with Crippen LogP contribution in [-0.4, -0.2) is 69.7 Å². The summed E-state index contributed by atoms with van der Waals surface area (Å²) in [4.78, 5) is 39.1. The fourth-order valence-corrected chi connectivity index (χ4v) is 5.75. The van der Waals surface area contributed by atoms with Gasteiger partial charge in [-0.2, -0.15) is 4.31 Å². The molecule has 0 spiro atoms. The molecule has 12 heteroatoms. The molecule has 0 bridgehead atoms. The van der Waals surface area contributed by atoms with Crippen molar-refractivity contribution in [1.82, 2.24) is 14.9 Å². The van der Waals surface area contributed by atoms with Gasteiger partial charge in [-0.25, -0.2) is 12.8 Å². The highest BCUT2D eigenvalue weighted by Gasteiger charge is 2.34. The number of nitrogens with one attached hydrogen (secondary N) is 2. The normalized spacial score (nSPS) is 17.3. The second kappa shape index (κ2) is 13.0. The number of sulfonamides is 1. The Morgan fingerprint density at radius 2 is 1.74 bits per heavy atom. The molecule has 2 atom stereocenters. The number of rotatable bonds is 10. The van der Waals surface area contributed by atoms with Crippen molar-refractivity contribution in [2.24, 2.45) is 5.92 Å². The number of hydrogen-bond acceptors (Lipinski definition) is 7. The topological polar surface area (TPSA) is 131 Å². The van der Waals surface area contributed by atoms with E-state index in [0.717, 1.165) is 28.6 Å². The van der Waals surface area contributed by atoms with Gasteiger partial charge >= 0.3 is 0 Å². The van der Waals surface area contributed by atoms with Crippen LogP contribution in [-0.2, 0) is 19.6 Å². The van der Waals surface area contributed by atoms with E-state index < -0.39 is 52.1 Å². The molecule has 2 aromatic rings. The second-order valence-electron chi connectivity index (χ2n) is 9.69. The third-order valence-corrected chi connectivity index (χ3v) is 8.22. The van der Waals surface area contributed by atoms with Crippen LogP contribution in [0.1, 0.15) is 43.5 Å². The smallest absolute Gasteiger partial charge is 0.252 e. The zero-order valence-corrected chi connectivity index (χ0v) is 23.2. The van der Waals surface area contributed by atoms with Gasteiger partial charge in [0.05, 0.1) is 31.7 Å². The number of Topliss-reactive ketones (excluding diaryl/α,β-unsaturated/α-hetero) is 1. The second-order valence-corrected chi connectivity index (χ2v) is 11.6. The molecular weight excluding hydrogens is 529 g/mol. The number of carbonyl (C=O) groups excluding carboxylic acids is 3. The molecule has 0 aliphatic carbocycles. The number of ketones is 1. The van der Waals surface area contributed by atoms with Crippen molar-refractivity contribution in [2.45, 2.75) is 50.1 Å². The van der Waals surface area contributed by atoms with E-state index in [1.807, 2.05) is 13.8 Å². The minimum atomic E-state index is -4.02. The van der Waals surface area contributed by atoms with Crippen LogP contribution in [0.25, 0.3) is 0 Å². The Kier molecular flexibility index (Phi) is 10.0. The van der Waals surface area contributed by atoms with Gasteiger partial charge in [0.25, 0.3) is 5.91 Å². The summed E-state index contributed by atoms with van der Waals surface area (Å²) < 4.78 is 50.7. The maximum absolute atomic E-state index is 13.3. The van der Waals surface area contributed by atoms with E-state index in [9.17, 15) is 27.2 Å². The lowest BCUT2D eigenvalue weighted by atomic mass is 10.0. The first-order valence-electron chi connectivity index (χ1n) is 12.6. The lowest BCUT2D eigenvalue weighted by molar-refractivity contribution is -0.129. The highest BCUT2D eigenvalue weighted by molar-refractivity contribution is 7.89. The van der Waals surface area contributed by atoms with Gasteiger partial charge in [-0.3, -0.25) is 14.4 Å². The van der Waals surface area contributed by atoms with Crippen LogP contribution in [0.2, 0.25) is 0 Å². The van der Waals surface area contributed by atoms with Crippen LogP contribution >= 0.6 is 0 Å². The van der Waals surface area contributed by atoms with Crippen molar-refractivity contribution < 1.29 is 36.7 Å². The van der Waals surface area contributed by atoms with E-state index in [2.05, 4.69) is 10.6 Å². The number of hydrogen-bond donors (Lipinski definition) is 2. The lowest BCUT2D eigenvalue weighted by Gasteiger charge is -2.24. The van der Waals surface area contributed by atoms with Crippen LogP contribution < -0.4 is 20.1 Å². The van der Waals surface area contributed by atoms with Crippen molar-refractivity contribution in [1.29, 1.82) is 0 Å². The summed E-state index contributed by atoms with van der Waals surface area (Å²) in [6.07, 6.45) is 0.874. The van der Waals surface area contributed by atoms with Crippen molar-refractivity contribution in [3.63, 3.8) is 0 Å². The predicted molar refractivity (Wildman–Crippen MR) is 142 cm³/mol. The van der Waals surface area contributed by atoms with E-state index >= 15 is 0 Å². The van der Waals surface area contributed by atoms with Crippen molar-refractivity contribution in [3.8, 4) is 11.5 Å². The van der Waals surface area contributed by atoms with E-state index in [0.29, 0.717) is 24.3 Å². The maximum atomic E-state index is 13.3. The summed E-state index contributed by atoms with van der Waals surface area (Å²) in [7, 11) is -1.09. The molecule has 2 aromatic carbocycles. The molecule has 1 unspecified atom stereocenters. The van der Waals surface area contributed by atoms with E-state index in [4.69, 9.17) is 9.47 Å². The van der Waals surface area contributed by atoms with Gasteiger partial charge in [-0.05, 0) is 67.6 Å². The Labute approximate surface area is 227 Å². The highest BCUT2D eigenvalue weighted by Crippen LogP contribution is 2.27. The fourth-order valence-electron chi connectivity index (χ4n) is 4.30. The average Bonchev–Trinajstić information content (AvgIpc) is 3.09. The van der Waals surface area contributed by atoms with E-state index in [-0.39, 0.29) is 29.3 Å². The molecule has 2 amide bonds. The number of halogens is 1. The molecular formula is C27H34FN3O7S. The third-order valence-electron chi connectivity index (χ3n) is 6.36. The zero-order chi connectivity index (χ0) is 28.7. The van der Waals surface area contributed by atoms with Crippen LogP contribution in [0.15, 0.2) is 47.4 Å². The number of carbonyl (C=O) groups is 3. The summed E-state index contributed by atoms with van der Waals surface area (Å²) in [5, 5.41) is 5.45. The van der Waals surface area contributed by atoms with Gasteiger partial charge in [0, 0.05) is 12.1 Å². The molecule has 0 saturated carbocycles. The summed E-state index contributed by atoms with van der Waals surface area (Å²) >= 11 is 0. The Morgan fingerprint density at radius 1 is 1.08 bits per heavy atom. The molecule has 1 fully saturated rings. The van der Waals surface area contributed by atoms with Crippen LogP contribution in [0, 0.1) is 11.7 Å². The zero-order valence-electron chi connectivity index (χ0n) is 22.4. The van der Waals surface area contributed by atoms with Gasteiger partial charge in [-0.1, -0.05) is 13.8 Å².